The average Bonchev–Trinajstić information content (AvgIpc) is 3.44. The van der Waals surface area contributed by atoms with E-state index in [4.69, 9.17) is 28.6 Å². The molecule has 1 N–H and O–H groups in total. The quantitative estimate of drug-likeness (QED) is 0.314. The molecule has 0 bridgehead atoms. The summed E-state index contributed by atoms with van der Waals surface area (Å²) in [5, 5.41) is 4.86. The van der Waals surface area contributed by atoms with Gasteiger partial charge in [-0.3, -0.25) is 4.98 Å². The van der Waals surface area contributed by atoms with Gasteiger partial charge in [0, 0.05) is 34.5 Å². The van der Waals surface area contributed by atoms with E-state index in [-0.39, 0.29) is 18.2 Å². The van der Waals surface area contributed by atoms with Crippen LogP contribution in [-0.2, 0) is 0 Å². The Morgan fingerprint density at radius 3 is 2.50 bits per heavy atom. The molecule has 3 heterocycles. The van der Waals surface area contributed by atoms with Crippen LogP contribution in [0.15, 0.2) is 91.3 Å². The second kappa shape index (κ2) is 9.49. The first kappa shape index (κ1) is 22.4. The Kier molecular flexibility index (Phi) is 6.26. The summed E-state index contributed by atoms with van der Waals surface area (Å²) < 4.78 is 8.00. The fourth-order valence-corrected chi connectivity index (χ4v) is 4.92. The van der Waals surface area contributed by atoms with E-state index >= 15 is 0 Å². The lowest BCUT2D eigenvalue weighted by Crippen LogP contribution is -2.30. The molecule has 2 aromatic heterocycles. The lowest BCUT2D eigenvalue weighted by atomic mass is 10.0. The number of thiocarbonyl (C=S) groups is 1. The van der Waals surface area contributed by atoms with E-state index in [1.54, 1.807) is 0 Å². The van der Waals surface area contributed by atoms with Crippen LogP contribution in [0.5, 0.6) is 5.75 Å². The molecule has 4 aromatic rings. The van der Waals surface area contributed by atoms with Gasteiger partial charge in [0.1, 0.15) is 11.8 Å². The fourth-order valence-electron chi connectivity index (χ4n) is 4.39. The summed E-state index contributed by atoms with van der Waals surface area (Å²) in [5.41, 5.74) is 3.98. The van der Waals surface area contributed by atoms with Crippen molar-refractivity contribution in [3.63, 3.8) is 0 Å². The molecule has 1 aliphatic rings. The Morgan fingerprint density at radius 1 is 0.971 bits per heavy atom. The molecule has 34 heavy (non-hydrogen) atoms. The van der Waals surface area contributed by atoms with E-state index < -0.39 is 0 Å². The second-order valence-corrected chi connectivity index (χ2v) is 9.26. The van der Waals surface area contributed by atoms with Crippen LogP contribution in [0.1, 0.15) is 37.3 Å². The van der Waals surface area contributed by atoms with E-state index in [0.29, 0.717) is 10.1 Å². The van der Waals surface area contributed by atoms with Gasteiger partial charge in [0.15, 0.2) is 5.11 Å². The molecule has 2 aromatic carbocycles. The molecule has 172 valence electrons. The zero-order valence-electron chi connectivity index (χ0n) is 18.9. The highest BCUT2D eigenvalue weighted by molar-refractivity contribution is 7.80. The number of anilines is 1. The number of halogens is 1. The Labute approximate surface area is 210 Å². The molecule has 0 saturated carbocycles. The van der Waals surface area contributed by atoms with Crippen molar-refractivity contribution in [2.75, 3.05) is 4.90 Å². The maximum atomic E-state index is 6.32. The summed E-state index contributed by atoms with van der Waals surface area (Å²) in [6, 6.07) is 25.8. The van der Waals surface area contributed by atoms with Crippen molar-refractivity contribution >= 4 is 34.6 Å². The summed E-state index contributed by atoms with van der Waals surface area (Å²) in [7, 11) is 0. The monoisotopic (exact) mass is 488 g/mol. The van der Waals surface area contributed by atoms with Gasteiger partial charge in [0.05, 0.1) is 17.8 Å². The van der Waals surface area contributed by atoms with Crippen molar-refractivity contribution in [3.05, 3.63) is 108 Å². The van der Waals surface area contributed by atoms with Crippen molar-refractivity contribution in [1.29, 1.82) is 0 Å². The molecule has 0 radical (unpaired) electrons. The number of aromatic nitrogens is 2. The Balaban J connectivity index is 1.61. The standard InChI is InChI=1S/C27H25ClN4OS/c1-18(2)33-22-13-11-20(12-14-22)32-26(25(30-27(32)34)23-9-3-4-15-29-23)24-10-6-16-31(24)21-8-5-7-19(28)17-21/h3-18,25-26H,1-2H3,(H,30,34). The zero-order valence-corrected chi connectivity index (χ0v) is 20.5. The molecule has 5 rings (SSSR count). The molecule has 0 amide bonds. The predicted octanol–water partition coefficient (Wildman–Crippen LogP) is 6.49. The summed E-state index contributed by atoms with van der Waals surface area (Å²) in [6.45, 7) is 4.04. The molecule has 2 atom stereocenters. The molecule has 5 nitrogen and oxygen atoms in total. The van der Waals surface area contributed by atoms with Gasteiger partial charge in [0.25, 0.3) is 0 Å². The minimum absolute atomic E-state index is 0.114. The SMILES string of the molecule is CC(C)Oc1ccc(N2C(=S)NC(c3ccccn3)C2c2cccn2-c2cccc(Cl)c2)cc1. The van der Waals surface area contributed by atoms with Crippen LogP contribution in [0, 0.1) is 0 Å². The topological polar surface area (TPSA) is 42.3 Å². The van der Waals surface area contributed by atoms with E-state index in [1.165, 1.54) is 0 Å². The summed E-state index contributed by atoms with van der Waals surface area (Å²) >= 11 is 12.2. The maximum absolute atomic E-state index is 6.32. The first-order valence-corrected chi connectivity index (χ1v) is 12.0. The lowest BCUT2D eigenvalue weighted by molar-refractivity contribution is 0.242. The molecule has 2 unspecified atom stereocenters. The van der Waals surface area contributed by atoms with Crippen molar-refractivity contribution in [2.24, 2.45) is 0 Å². The highest BCUT2D eigenvalue weighted by Crippen LogP contribution is 2.42. The van der Waals surface area contributed by atoms with Gasteiger partial charge in [0.2, 0.25) is 0 Å². The minimum atomic E-state index is -0.131. The van der Waals surface area contributed by atoms with Crippen molar-refractivity contribution in [3.8, 4) is 11.4 Å². The minimum Gasteiger partial charge on any atom is -0.491 e. The number of rotatable bonds is 6. The third-order valence-electron chi connectivity index (χ3n) is 5.75. The number of hydrogen-bond donors (Lipinski definition) is 1. The average molecular weight is 489 g/mol. The largest absolute Gasteiger partial charge is 0.491 e. The molecule has 1 saturated heterocycles. The normalized spacial score (nSPS) is 17.8. The van der Waals surface area contributed by atoms with Crippen molar-refractivity contribution < 1.29 is 4.74 Å². The molecular formula is C27H25ClN4OS. The number of hydrogen-bond acceptors (Lipinski definition) is 3. The van der Waals surface area contributed by atoms with Gasteiger partial charge in [-0.15, -0.1) is 0 Å². The molecule has 1 fully saturated rings. The first-order valence-electron chi connectivity index (χ1n) is 11.2. The van der Waals surface area contributed by atoms with Crippen LogP contribution in [0.4, 0.5) is 5.69 Å². The highest BCUT2D eigenvalue weighted by atomic mass is 35.5. The molecule has 0 spiro atoms. The highest BCUT2D eigenvalue weighted by Gasteiger charge is 2.42. The van der Waals surface area contributed by atoms with Crippen LogP contribution in [-0.4, -0.2) is 20.8 Å². The molecule has 7 heteroatoms. The van der Waals surface area contributed by atoms with E-state index in [9.17, 15) is 0 Å². The fraction of sp³-hybridized carbons (Fsp3) is 0.185. The number of ether oxygens (including phenoxy) is 1. The van der Waals surface area contributed by atoms with Gasteiger partial charge < -0.3 is 19.5 Å². The van der Waals surface area contributed by atoms with Gasteiger partial charge >= 0.3 is 0 Å². The van der Waals surface area contributed by atoms with Crippen molar-refractivity contribution in [2.45, 2.75) is 32.0 Å². The summed E-state index contributed by atoms with van der Waals surface area (Å²) in [4.78, 5) is 6.80. The van der Waals surface area contributed by atoms with Crippen LogP contribution < -0.4 is 15.0 Å². The number of pyridine rings is 1. The van der Waals surface area contributed by atoms with E-state index in [1.807, 2.05) is 92.8 Å². The Morgan fingerprint density at radius 2 is 1.79 bits per heavy atom. The van der Waals surface area contributed by atoms with Gasteiger partial charge in [-0.25, -0.2) is 0 Å². The van der Waals surface area contributed by atoms with E-state index in [0.717, 1.165) is 28.5 Å². The van der Waals surface area contributed by atoms with Crippen LogP contribution in [0.2, 0.25) is 5.02 Å². The van der Waals surface area contributed by atoms with E-state index in [2.05, 4.69) is 32.0 Å². The van der Waals surface area contributed by atoms with Gasteiger partial charge in [-0.05, 0) is 92.8 Å². The number of nitrogens with one attached hydrogen (secondary N) is 1. The first-order chi connectivity index (χ1) is 16.5. The van der Waals surface area contributed by atoms with Gasteiger partial charge in [-0.1, -0.05) is 23.7 Å². The van der Waals surface area contributed by atoms with Crippen molar-refractivity contribution in [1.82, 2.24) is 14.9 Å². The molecule has 1 aliphatic heterocycles. The molecule has 0 aliphatic carbocycles. The smallest absolute Gasteiger partial charge is 0.174 e. The van der Waals surface area contributed by atoms with Crippen LogP contribution >= 0.6 is 23.8 Å². The van der Waals surface area contributed by atoms with Crippen LogP contribution in [0.25, 0.3) is 5.69 Å². The Bertz CT molecular complexity index is 1290. The number of nitrogens with zero attached hydrogens (tertiary/aromatic N) is 3. The molecular weight excluding hydrogens is 464 g/mol. The van der Waals surface area contributed by atoms with Gasteiger partial charge in [-0.2, -0.15) is 0 Å². The number of benzene rings is 2. The third kappa shape index (κ3) is 4.39. The Hall–Kier alpha value is -3.35. The second-order valence-electron chi connectivity index (χ2n) is 8.44. The summed E-state index contributed by atoms with van der Waals surface area (Å²) in [6.07, 6.45) is 3.98. The predicted molar refractivity (Wildman–Crippen MR) is 141 cm³/mol. The third-order valence-corrected chi connectivity index (χ3v) is 6.30. The summed E-state index contributed by atoms with van der Waals surface area (Å²) in [5.74, 6) is 0.831. The maximum Gasteiger partial charge on any atom is 0.174 e. The van der Waals surface area contributed by atoms with Crippen LogP contribution in [0.3, 0.4) is 0 Å². The lowest BCUT2D eigenvalue weighted by Gasteiger charge is -2.29. The zero-order chi connectivity index (χ0) is 23.7.